The molecule has 0 fully saturated rings. The third-order valence-corrected chi connectivity index (χ3v) is 4.44. The van der Waals surface area contributed by atoms with Crippen LogP contribution in [0.15, 0.2) is 46.9 Å². The molecule has 0 unspecified atom stereocenters. The number of aryl methyl sites for hydroxylation is 1. The smallest absolute Gasteiger partial charge is 0.269 e. The first-order chi connectivity index (χ1) is 12.4. The summed E-state index contributed by atoms with van der Waals surface area (Å²) in [7, 11) is 0. The second-order valence-corrected chi connectivity index (χ2v) is 6.55. The fourth-order valence-electron chi connectivity index (χ4n) is 2.00. The van der Waals surface area contributed by atoms with Crippen LogP contribution in [0.3, 0.4) is 0 Å². The highest BCUT2D eigenvalue weighted by Crippen LogP contribution is 2.17. The molecule has 0 aromatic heterocycles. The van der Waals surface area contributed by atoms with Gasteiger partial charge >= 0.3 is 0 Å². The van der Waals surface area contributed by atoms with Gasteiger partial charge in [-0.2, -0.15) is 0 Å². The summed E-state index contributed by atoms with van der Waals surface area (Å²) in [5.74, 6) is -0.0810. The number of hydrazine groups is 1. The van der Waals surface area contributed by atoms with E-state index in [9.17, 15) is 9.59 Å². The number of hydrogen-bond donors (Lipinski definition) is 3. The standard InChI is InChI=1S/C18H18BrN3O3S/c1-3-25-14-8-6-12(7-9-14)16(23)20-18(26)22-21-17(24)13-5-4-11(2)15(19)10-13/h4-10H,3H2,1-2H3,(H,21,24)(H2,20,22,23,26). The maximum absolute atomic E-state index is 12.1. The van der Waals surface area contributed by atoms with E-state index < -0.39 is 5.91 Å². The lowest BCUT2D eigenvalue weighted by molar-refractivity contribution is 0.0934. The molecule has 0 atom stereocenters. The topological polar surface area (TPSA) is 79.5 Å². The van der Waals surface area contributed by atoms with Gasteiger partial charge in [0.05, 0.1) is 6.61 Å². The number of amides is 2. The highest BCUT2D eigenvalue weighted by atomic mass is 79.9. The fourth-order valence-corrected chi connectivity index (χ4v) is 2.52. The van der Waals surface area contributed by atoms with Crippen molar-refractivity contribution >= 4 is 45.1 Å². The van der Waals surface area contributed by atoms with Gasteiger partial charge in [-0.05, 0) is 68.0 Å². The van der Waals surface area contributed by atoms with Crippen molar-refractivity contribution in [2.75, 3.05) is 6.61 Å². The van der Waals surface area contributed by atoms with Crippen molar-refractivity contribution in [3.8, 4) is 5.75 Å². The maximum atomic E-state index is 12.1. The quantitative estimate of drug-likeness (QED) is 0.507. The molecule has 6 nitrogen and oxygen atoms in total. The van der Waals surface area contributed by atoms with E-state index in [1.165, 1.54) is 0 Å². The van der Waals surface area contributed by atoms with Crippen molar-refractivity contribution in [1.29, 1.82) is 0 Å². The number of carbonyl (C=O) groups excluding carboxylic acids is 2. The lowest BCUT2D eigenvalue weighted by Gasteiger charge is -2.11. The maximum Gasteiger partial charge on any atom is 0.269 e. The van der Waals surface area contributed by atoms with Gasteiger partial charge in [0.2, 0.25) is 0 Å². The van der Waals surface area contributed by atoms with Crippen molar-refractivity contribution in [1.82, 2.24) is 16.2 Å². The number of rotatable bonds is 4. The first-order valence-electron chi connectivity index (χ1n) is 7.81. The van der Waals surface area contributed by atoms with Gasteiger partial charge < -0.3 is 4.74 Å². The molecular weight excluding hydrogens is 418 g/mol. The zero-order valence-electron chi connectivity index (χ0n) is 14.3. The Balaban J connectivity index is 1.86. The van der Waals surface area contributed by atoms with Crippen molar-refractivity contribution in [3.05, 3.63) is 63.6 Å². The Bertz CT molecular complexity index is 825. The predicted octanol–water partition coefficient (Wildman–Crippen LogP) is 3.11. The van der Waals surface area contributed by atoms with Gasteiger partial charge in [-0.1, -0.05) is 22.0 Å². The number of nitrogens with one attached hydrogen (secondary N) is 3. The van der Waals surface area contributed by atoms with Crippen LogP contribution in [0.25, 0.3) is 0 Å². The zero-order valence-corrected chi connectivity index (χ0v) is 16.7. The lowest BCUT2D eigenvalue weighted by atomic mass is 10.1. The Hall–Kier alpha value is -2.45. The molecule has 0 bridgehead atoms. The van der Waals surface area contributed by atoms with Gasteiger partial charge in [0.15, 0.2) is 5.11 Å². The van der Waals surface area contributed by atoms with Crippen LogP contribution in [0, 0.1) is 6.92 Å². The molecule has 2 aromatic carbocycles. The van der Waals surface area contributed by atoms with E-state index in [0.29, 0.717) is 23.5 Å². The van der Waals surface area contributed by atoms with Crippen LogP contribution >= 0.6 is 28.1 Å². The third-order valence-electron chi connectivity index (χ3n) is 3.38. The molecule has 2 rings (SSSR count). The molecule has 0 radical (unpaired) electrons. The second-order valence-electron chi connectivity index (χ2n) is 5.28. The Morgan fingerprint density at radius 3 is 2.31 bits per heavy atom. The molecule has 2 aromatic rings. The van der Waals surface area contributed by atoms with E-state index in [1.807, 2.05) is 19.9 Å². The fraction of sp³-hybridized carbons (Fsp3) is 0.167. The van der Waals surface area contributed by atoms with E-state index in [0.717, 1.165) is 10.0 Å². The third kappa shape index (κ3) is 5.53. The first-order valence-corrected chi connectivity index (χ1v) is 9.01. The van der Waals surface area contributed by atoms with Crippen molar-refractivity contribution in [3.63, 3.8) is 0 Å². The number of carbonyl (C=O) groups is 2. The molecule has 0 saturated heterocycles. The summed E-state index contributed by atoms with van der Waals surface area (Å²) in [6.45, 7) is 4.36. The molecule has 0 saturated carbocycles. The van der Waals surface area contributed by atoms with E-state index in [1.54, 1.807) is 36.4 Å². The van der Waals surface area contributed by atoms with E-state index in [-0.39, 0.29) is 11.0 Å². The van der Waals surface area contributed by atoms with Gasteiger partial charge in [0.1, 0.15) is 5.75 Å². The van der Waals surface area contributed by atoms with Crippen molar-refractivity contribution < 1.29 is 14.3 Å². The summed E-state index contributed by atoms with van der Waals surface area (Å²) in [6.07, 6.45) is 0. The first kappa shape index (κ1) is 19.9. The SMILES string of the molecule is CCOc1ccc(C(=O)NC(=S)NNC(=O)c2ccc(C)c(Br)c2)cc1. The molecule has 3 N–H and O–H groups in total. The normalized spacial score (nSPS) is 9.96. The molecule has 136 valence electrons. The Morgan fingerprint density at radius 2 is 1.69 bits per heavy atom. The average Bonchev–Trinajstić information content (AvgIpc) is 2.62. The van der Waals surface area contributed by atoms with Crippen LogP contribution in [0.1, 0.15) is 33.2 Å². The molecular formula is C18H18BrN3O3S. The Labute approximate surface area is 165 Å². The Kier molecular flexibility index (Phi) is 7.11. The summed E-state index contributed by atoms with van der Waals surface area (Å²) in [4.78, 5) is 24.2. The lowest BCUT2D eigenvalue weighted by Crippen LogP contribution is -2.48. The number of halogens is 1. The molecule has 0 aliphatic heterocycles. The van der Waals surface area contributed by atoms with Gasteiger partial charge in [-0.15, -0.1) is 0 Å². The van der Waals surface area contributed by atoms with E-state index >= 15 is 0 Å². The minimum absolute atomic E-state index is 0.0107. The zero-order chi connectivity index (χ0) is 19.1. The van der Waals surface area contributed by atoms with Gasteiger partial charge in [0.25, 0.3) is 11.8 Å². The minimum atomic E-state index is -0.391. The molecule has 0 aliphatic carbocycles. The van der Waals surface area contributed by atoms with Gasteiger partial charge in [0, 0.05) is 15.6 Å². The summed E-state index contributed by atoms with van der Waals surface area (Å²) < 4.78 is 6.15. The van der Waals surface area contributed by atoms with Gasteiger partial charge in [-0.25, -0.2) is 0 Å². The van der Waals surface area contributed by atoms with Crippen LogP contribution in [0.4, 0.5) is 0 Å². The summed E-state index contributed by atoms with van der Waals surface area (Å²) in [5, 5.41) is 2.48. The molecule has 0 heterocycles. The van der Waals surface area contributed by atoms with Crippen molar-refractivity contribution in [2.45, 2.75) is 13.8 Å². The monoisotopic (exact) mass is 435 g/mol. The average molecular weight is 436 g/mol. The van der Waals surface area contributed by atoms with E-state index in [4.69, 9.17) is 17.0 Å². The highest BCUT2D eigenvalue weighted by Gasteiger charge is 2.10. The van der Waals surface area contributed by atoms with Crippen LogP contribution in [0.2, 0.25) is 0 Å². The molecule has 0 spiro atoms. The number of thiocarbonyl (C=S) groups is 1. The van der Waals surface area contributed by atoms with Crippen LogP contribution < -0.4 is 20.9 Å². The molecule has 2 amide bonds. The summed E-state index contributed by atoms with van der Waals surface area (Å²) in [5.41, 5.74) is 6.85. The summed E-state index contributed by atoms with van der Waals surface area (Å²) >= 11 is 8.40. The summed E-state index contributed by atoms with van der Waals surface area (Å²) in [6, 6.07) is 11.9. The minimum Gasteiger partial charge on any atom is -0.494 e. The van der Waals surface area contributed by atoms with E-state index in [2.05, 4.69) is 32.1 Å². The largest absolute Gasteiger partial charge is 0.494 e. The van der Waals surface area contributed by atoms with Crippen LogP contribution in [-0.4, -0.2) is 23.5 Å². The molecule has 0 aliphatic rings. The second kappa shape index (κ2) is 9.30. The van der Waals surface area contributed by atoms with Crippen molar-refractivity contribution in [2.24, 2.45) is 0 Å². The van der Waals surface area contributed by atoms with Gasteiger partial charge in [-0.3, -0.25) is 25.8 Å². The highest BCUT2D eigenvalue weighted by molar-refractivity contribution is 9.10. The number of ether oxygens (including phenoxy) is 1. The van der Waals surface area contributed by atoms with Crippen LogP contribution in [0.5, 0.6) is 5.75 Å². The Morgan fingerprint density at radius 1 is 1.04 bits per heavy atom. The van der Waals surface area contributed by atoms with Crippen LogP contribution in [-0.2, 0) is 0 Å². The predicted molar refractivity (Wildman–Crippen MR) is 107 cm³/mol. The number of hydrogen-bond acceptors (Lipinski definition) is 4. The number of benzene rings is 2. The molecule has 8 heteroatoms. The molecule has 26 heavy (non-hydrogen) atoms.